The Hall–Kier alpha value is -1.79. The van der Waals surface area contributed by atoms with Gasteiger partial charge in [0.2, 0.25) is 11.8 Å². The fraction of sp³-hybridized carbons (Fsp3) is 0.727. The molecule has 0 spiro atoms. The highest BCUT2D eigenvalue weighted by Gasteiger charge is 2.25. The number of rotatable bonds is 4. The van der Waals surface area contributed by atoms with E-state index in [1.807, 2.05) is 0 Å². The molecule has 1 fully saturated rings. The highest BCUT2D eigenvalue weighted by molar-refractivity contribution is 5.84. The topological polar surface area (TPSA) is 98.7 Å². The molecule has 7 nitrogen and oxygen atoms in total. The molecule has 0 bridgehead atoms. The zero-order valence-electron chi connectivity index (χ0n) is 10.6. The fourth-order valence-electron chi connectivity index (χ4n) is 1.55. The third-order valence-electron chi connectivity index (χ3n) is 3.24. The van der Waals surface area contributed by atoms with Crippen molar-refractivity contribution in [2.24, 2.45) is 5.92 Å². The number of carboxylic acid groups (broad SMARTS) is 1. The summed E-state index contributed by atoms with van der Waals surface area (Å²) in [5.74, 6) is -0.568. The molecule has 1 rings (SSSR count). The lowest BCUT2D eigenvalue weighted by molar-refractivity contribution is -0.133. The first-order valence-corrected chi connectivity index (χ1v) is 5.96. The average molecular weight is 257 g/mol. The predicted octanol–water partition coefficient (Wildman–Crippen LogP) is 0.322. The van der Waals surface area contributed by atoms with Gasteiger partial charge in [-0.2, -0.15) is 0 Å². The van der Waals surface area contributed by atoms with E-state index in [4.69, 9.17) is 5.11 Å². The van der Waals surface area contributed by atoms with Gasteiger partial charge in [0.1, 0.15) is 0 Å². The standard InChI is InChI=1S/C11H19N3O4/c1-7(14(2)11(17)18)6-9(15)12-13-10(16)8-4-3-5-8/h7-8H,3-6H2,1-2H3,(H,12,15)(H,13,16)(H,17,18). The minimum atomic E-state index is -1.09. The minimum absolute atomic E-state index is 0.00409. The van der Waals surface area contributed by atoms with E-state index in [2.05, 4.69) is 10.9 Å². The van der Waals surface area contributed by atoms with E-state index in [0.717, 1.165) is 24.2 Å². The van der Waals surface area contributed by atoms with Crippen molar-refractivity contribution in [2.75, 3.05) is 7.05 Å². The van der Waals surface area contributed by atoms with Crippen molar-refractivity contribution < 1.29 is 19.5 Å². The van der Waals surface area contributed by atoms with E-state index in [1.165, 1.54) is 7.05 Å². The van der Waals surface area contributed by atoms with Crippen molar-refractivity contribution in [3.8, 4) is 0 Å². The molecule has 102 valence electrons. The summed E-state index contributed by atoms with van der Waals surface area (Å²) >= 11 is 0. The Labute approximate surface area is 105 Å². The molecule has 0 aromatic heterocycles. The lowest BCUT2D eigenvalue weighted by atomic mass is 9.85. The van der Waals surface area contributed by atoms with Crippen LogP contribution < -0.4 is 10.9 Å². The van der Waals surface area contributed by atoms with E-state index in [1.54, 1.807) is 6.92 Å². The van der Waals surface area contributed by atoms with Gasteiger partial charge in [-0.05, 0) is 19.8 Å². The Morgan fingerprint density at radius 2 is 1.94 bits per heavy atom. The van der Waals surface area contributed by atoms with Crippen LogP contribution in [0.15, 0.2) is 0 Å². The van der Waals surface area contributed by atoms with Crippen LogP contribution in [0.2, 0.25) is 0 Å². The van der Waals surface area contributed by atoms with Crippen molar-refractivity contribution in [1.29, 1.82) is 0 Å². The van der Waals surface area contributed by atoms with Crippen LogP contribution in [0.3, 0.4) is 0 Å². The van der Waals surface area contributed by atoms with Gasteiger partial charge >= 0.3 is 6.09 Å². The molecule has 7 heteroatoms. The summed E-state index contributed by atoms with van der Waals surface area (Å²) in [4.78, 5) is 34.6. The third-order valence-corrected chi connectivity index (χ3v) is 3.24. The second kappa shape index (κ2) is 6.23. The van der Waals surface area contributed by atoms with Crippen molar-refractivity contribution in [3.05, 3.63) is 0 Å². The van der Waals surface area contributed by atoms with Crippen LogP contribution in [0.1, 0.15) is 32.6 Å². The smallest absolute Gasteiger partial charge is 0.407 e. The van der Waals surface area contributed by atoms with Gasteiger partial charge in [-0.1, -0.05) is 6.42 Å². The first kappa shape index (κ1) is 14.3. The molecule has 1 unspecified atom stereocenters. The van der Waals surface area contributed by atoms with Crippen LogP contribution in [0.4, 0.5) is 4.79 Å². The number of hydrazine groups is 1. The summed E-state index contributed by atoms with van der Waals surface area (Å²) in [6, 6.07) is -0.442. The number of carbonyl (C=O) groups excluding carboxylic acids is 2. The molecule has 3 amide bonds. The molecular formula is C11H19N3O4. The number of amides is 3. The van der Waals surface area contributed by atoms with E-state index in [0.29, 0.717) is 0 Å². The maximum absolute atomic E-state index is 11.5. The number of nitrogens with one attached hydrogen (secondary N) is 2. The van der Waals surface area contributed by atoms with Gasteiger partial charge in [-0.3, -0.25) is 20.4 Å². The quantitative estimate of drug-likeness (QED) is 0.632. The maximum atomic E-state index is 11.5. The summed E-state index contributed by atoms with van der Waals surface area (Å²) in [6.07, 6.45) is 1.69. The van der Waals surface area contributed by atoms with E-state index >= 15 is 0 Å². The fourth-order valence-corrected chi connectivity index (χ4v) is 1.55. The summed E-state index contributed by atoms with van der Waals surface area (Å²) in [6.45, 7) is 1.63. The Kier molecular flexibility index (Phi) is 4.94. The van der Waals surface area contributed by atoms with Crippen LogP contribution >= 0.6 is 0 Å². The molecule has 18 heavy (non-hydrogen) atoms. The van der Waals surface area contributed by atoms with Crippen molar-refractivity contribution in [1.82, 2.24) is 15.8 Å². The van der Waals surface area contributed by atoms with Gasteiger partial charge < -0.3 is 10.0 Å². The summed E-state index contributed by atoms with van der Waals surface area (Å²) in [5.41, 5.74) is 4.65. The second-order valence-electron chi connectivity index (χ2n) is 4.61. The summed E-state index contributed by atoms with van der Waals surface area (Å²) in [7, 11) is 1.40. The van der Waals surface area contributed by atoms with Crippen LogP contribution in [-0.4, -0.2) is 41.0 Å². The number of hydrogen-bond acceptors (Lipinski definition) is 3. The number of hydrogen-bond donors (Lipinski definition) is 3. The van der Waals surface area contributed by atoms with Gasteiger partial charge in [-0.25, -0.2) is 4.79 Å². The molecule has 0 heterocycles. The zero-order chi connectivity index (χ0) is 13.7. The maximum Gasteiger partial charge on any atom is 0.407 e. The van der Waals surface area contributed by atoms with Crippen molar-refractivity contribution >= 4 is 17.9 Å². The lowest BCUT2D eigenvalue weighted by Crippen LogP contribution is -2.47. The predicted molar refractivity (Wildman–Crippen MR) is 63.5 cm³/mol. The monoisotopic (exact) mass is 257 g/mol. The van der Waals surface area contributed by atoms with Gasteiger partial charge in [-0.15, -0.1) is 0 Å². The van der Waals surface area contributed by atoms with Crippen LogP contribution in [0, 0.1) is 5.92 Å². The van der Waals surface area contributed by atoms with Gasteiger partial charge in [0, 0.05) is 25.4 Å². The average Bonchev–Trinajstić information content (AvgIpc) is 2.22. The number of carbonyl (C=O) groups is 3. The van der Waals surface area contributed by atoms with E-state index < -0.39 is 18.0 Å². The molecule has 3 N–H and O–H groups in total. The molecule has 1 aliphatic carbocycles. The Morgan fingerprint density at radius 3 is 2.39 bits per heavy atom. The van der Waals surface area contributed by atoms with Crippen molar-refractivity contribution in [3.63, 3.8) is 0 Å². The number of nitrogens with zero attached hydrogens (tertiary/aromatic N) is 1. The first-order chi connectivity index (χ1) is 8.41. The highest BCUT2D eigenvalue weighted by Crippen LogP contribution is 2.25. The molecule has 0 aliphatic heterocycles. The van der Waals surface area contributed by atoms with Gasteiger partial charge in [0.15, 0.2) is 0 Å². The molecule has 0 saturated heterocycles. The van der Waals surface area contributed by atoms with Crippen LogP contribution in [0.5, 0.6) is 0 Å². The molecule has 0 aromatic carbocycles. The zero-order valence-corrected chi connectivity index (χ0v) is 10.6. The molecule has 1 aliphatic rings. The SMILES string of the molecule is CC(CC(=O)NNC(=O)C1CCC1)N(C)C(=O)O. The third kappa shape index (κ3) is 3.90. The molecule has 1 atom stereocenters. The molecule has 1 saturated carbocycles. The summed E-state index contributed by atoms with van der Waals surface area (Å²) < 4.78 is 0. The Balaban J connectivity index is 2.24. The van der Waals surface area contributed by atoms with Gasteiger partial charge in [0.25, 0.3) is 0 Å². The Bertz CT molecular complexity index is 341. The summed E-state index contributed by atoms with van der Waals surface area (Å²) in [5, 5.41) is 8.72. The van der Waals surface area contributed by atoms with Gasteiger partial charge in [0.05, 0.1) is 0 Å². The van der Waals surface area contributed by atoms with Crippen molar-refractivity contribution in [2.45, 2.75) is 38.6 Å². The largest absolute Gasteiger partial charge is 0.465 e. The molecular weight excluding hydrogens is 238 g/mol. The molecule has 0 radical (unpaired) electrons. The molecule has 0 aromatic rings. The van der Waals surface area contributed by atoms with Crippen LogP contribution in [-0.2, 0) is 9.59 Å². The normalized spacial score (nSPS) is 16.3. The highest BCUT2D eigenvalue weighted by atomic mass is 16.4. The van der Waals surface area contributed by atoms with Crippen LogP contribution in [0.25, 0.3) is 0 Å². The van der Waals surface area contributed by atoms with E-state index in [9.17, 15) is 14.4 Å². The van der Waals surface area contributed by atoms with E-state index in [-0.39, 0.29) is 18.2 Å². The second-order valence-corrected chi connectivity index (χ2v) is 4.61. The lowest BCUT2D eigenvalue weighted by Gasteiger charge is -2.25. The first-order valence-electron chi connectivity index (χ1n) is 5.96. The Morgan fingerprint density at radius 1 is 1.33 bits per heavy atom. The minimum Gasteiger partial charge on any atom is -0.465 e.